The monoisotopic (exact) mass is 274 g/mol. The zero-order valence-corrected chi connectivity index (χ0v) is 13.3. The molecule has 0 bridgehead atoms. The van der Waals surface area contributed by atoms with E-state index in [2.05, 4.69) is 27.7 Å². The van der Waals surface area contributed by atoms with Crippen LogP contribution in [0.2, 0.25) is 0 Å². The van der Waals surface area contributed by atoms with E-state index in [0.717, 1.165) is 0 Å². The molecule has 1 saturated heterocycles. The van der Waals surface area contributed by atoms with Crippen molar-refractivity contribution in [2.75, 3.05) is 7.11 Å². The maximum Gasteiger partial charge on any atom is 0.161 e. The molecule has 0 aromatic rings. The van der Waals surface area contributed by atoms with Gasteiger partial charge in [-0.15, -0.1) is 0 Å². The highest BCUT2D eigenvalue weighted by atomic mass is 16.7. The van der Waals surface area contributed by atoms with Gasteiger partial charge in [-0.3, -0.25) is 0 Å². The van der Waals surface area contributed by atoms with Crippen molar-refractivity contribution in [3.05, 3.63) is 0 Å². The fraction of sp³-hybridized carbons (Fsp3) is 1.00. The van der Waals surface area contributed by atoms with E-state index in [9.17, 15) is 5.11 Å². The molecule has 0 saturated carbocycles. The molecule has 0 amide bonds. The van der Waals surface area contributed by atoms with Crippen molar-refractivity contribution in [1.29, 1.82) is 0 Å². The Balaban J connectivity index is 2.74. The van der Waals surface area contributed by atoms with Crippen LogP contribution in [-0.2, 0) is 14.2 Å². The van der Waals surface area contributed by atoms with E-state index in [1.807, 2.05) is 13.8 Å². The molecule has 0 aliphatic carbocycles. The Labute approximate surface area is 117 Å². The zero-order chi connectivity index (χ0) is 14.8. The number of aliphatic hydroxyl groups is 1. The lowest BCUT2D eigenvalue weighted by Gasteiger charge is -2.45. The number of hydrogen-bond acceptors (Lipinski definition) is 4. The van der Waals surface area contributed by atoms with E-state index in [0.29, 0.717) is 18.3 Å². The Morgan fingerprint density at radius 2 is 1.74 bits per heavy atom. The Kier molecular flexibility index (Phi) is 5.80. The summed E-state index contributed by atoms with van der Waals surface area (Å²) in [4.78, 5) is 0. The highest BCUT2D eigenvalue weighted by Gasteiger charge is 2.46. The van der Waals surface area contributed by atoms with Crippen LogP contribution in [0.3, 0.4) is 0 Å². The summed E-state index contributed by atoms with van der Waals surface area (Å²) in [6.07, 6.45) is -0.547. The van der Waals surface area contributed by atoms with Crippen LogP contribution >= 0.6 is 0 Å². The van der Waals surface area contributed by atoms with E-state index < -0.39 is 11.7 Å². The molecule has 0 radical (unpaired) electrons. The van der Waals surface area contributed by atoms with Crippen molar-refractivity contribution < 1.29 is 19.3 Å². The van der Waals surface area contributed by atoms with Crippen molar-refractivity contribution in [3.8, 4) is 0 Å². The third-order valence-corrected chi connectivity index (χ3v) is 4.10. The van der Waals surface area contributed by atoms with Crippen LogP contribution in [-0.4, -0.2) is 42.4 Å². The molecule has 1 N–H and O–H groups in total. The normalized spacial score (nSPS) is 36.5. The lowest BCUT2D eigenvalue weighted by Crippen LogP contribution is -2.57. The van der Waals surface area contributed by atoms with E-state index in [1.165, 1.54) is 0 Å². The molecule has 1 aliphatic heterocycles. The minimum absolute atomic E-state index is 0.147. The molecular formula is C15H30O4. The number of ether oxygens (including phenoxy) is 3. The van der Waals surface area contributed by atoms with E-state index in [-0.39, 0.29) is 18.5 Å². The van der Waals surface area contributed by atoms with Crippen LogP contribution in [0.5, 0.6) is 0 Å². The zero-order valence-electron chi connectivity index (χ0n) is 13.3. The molecule has 1 aliphatic rings. The van der Waals surface area contributed by atoms with Gasteiger partial charge < -0.3 is 19.3 Å². The molecule has 19 heavy (non-hydrogen) atoms. The van der Waals surface area contributed by atoms with Gasteiger partial charge in [0.25, 0.3) is 0 Å². The van der Waals surface area contributed by atoms with Gasteiger partial charge in [-0.2, -0.15) is 0 Å². The van der Waals surface area contributed by atoms with Crippen molar-refractivity contribution in [2.45, 2.75) is 78.2 Å². The van der Waals surface area contributed by atoms with Crippen LogP contribution in [0.4, 0.5) is 0 Å². The predicted octanol–water partition coefficient (Wildman–Crippen LogP) is 2.58. The van der Waals surface area contributed by atoms with Crippen LogP contribution in [0.15, 0.2) is 0 Å². The van der Waals surface area contributed by atoms with Crippen LogP contribution < -0.4 is 0 Å². The first-order valence-electron chi connectivity index (χ1n) is 7.25. The number of hydrogen-bond donors (Lipinski definition) is 1. The summed E-state index contributed by atoms with van der Waals surface area (Å²) in [5.41, 5.74) is -0.610. The summed E-state index contributed by atoms with van der Waals surface area (Å²) in [6.45, 7) is 12.4. The molecule has 1 rings (SSSR count). The largest absolute Gasteiger partial charge is 0.387 e. The van der Waals surface area contributed by atoms with Gasteiger partial charge in [0.15, 0.2) is 6.29 Å². The van der Waals surface area contributed by atoms with E-state index >= 15 is 0 Å². The second kappa shape index (κ2) is 6.53. The number of rotatable bonds is 5. The lowest BCUT2D eigenvalue weighted by molar-refractivity contribution is -0.294. The molecule has 4 unspecified atom stereocenters. The third-order valence-electron chi connectivity index (χ3n) is 4.10. The molecule has 1 fully saturated rings. The molecule has 114 valence electrons. The van der Waals surface area contributed by atoms with Gasteiger partial charge in [0.1, 0.15) is 6.10 Å². The van der Waals surface area contributed by atoms with Crippen LogP contribution in [0, 0.1) is 11.8 Å². The summed E-state index contributed by atoms with van der Waals surface area (Å²) in [5, 5.41) is 10.2. The fourth-order valence-electron chi connectivity index (χ4n) is 2.85. The van der Waals surface area contributed by atoms with Crippen molar-refractivity contribution in [2.24, 2.45) is 11.8 Å². The first-order chi connectivity index (χ1) is 8.71. The Morgan fingerprint density at radius 3 is 2.16 bits per heavy atom. The predicted molar refractivity (Wildman–Crippen MR) is 74.9 cm³/mol. The molecule has 4 heteroatoms. The first-order valence-corrected chi connectivity index (χ1v) is 7.25. The average Bonchev–Trinajstić information content (AvgIpc) is 2.32. The second-order valence-corrected chi connectivity index (χ2v) is 6.53. The van der Waals surface area contributed by atoms with Crippen LogP contribution in [0.25, 0.3) is 0 Å². The summed E-state index contributed by atoms with van der Waals surface area (Å²) in [7, 11) is 1.63. The van der Waals surface area contributed by atoms with E-state index in [1.54, 1.807) is 7.11 Å². The van der Waals surface area contributed by atoms with Gasteiger partial charge in [0.2, 0.25) is 0 Å². The molecule has 0 aromatic heterocycles. The first kappa shape index (κ1) is 16.9. The van der Waals surface area contributed by atoms with Gasteiger partial charge >= 0.3 is 0 Å². The minimum Gasteiger partial charge on any atom is -0.387 e. The molecular weight excluding hydrogens is 244 g/mol. The maximum absolute atomic E-state index is 10.2. The molecule has 4 atom stereocenters. The highest BCUT2D eigenvalue weighted by molar-refractivity contribution is 4.92. The average molecular weight is 274 g/mol. The lowest BCUT2D eigenvalue weighted by atomic mass is 9.88. The second-order valence-electron chi connectivity index (χ2n) is 6.53. The van der Waals surface area contributed by atoms with Gasteiger partial charge in [-0.1, -0.05) is 27.7 Å². The fourth-order valence-corrected chi connectivity index (χ4v) is 2.85. The van der Waals surface area contributed by atoms with Crippen molar-refractivity contribution in [1.82, 2.24) is 0 Å². The van der Waals surface area contributed by atoms with Gasteiger partial charge in [0, 0.05) is 13.5 Å². The molecule has 0 aromatic carbocycles. The Morgan fingerprint density at radius 1 is 1.21 bits per heavy atom. The highest BCUT2D eigenvalue weighted by Crippen LogP contribution is 2.34. The topological polar surface area (TPSA) is 47.9 Å². The van der Waals surface area contributed by atoms with Crippen molar-refractivity contribution >= 4 is 0 Å². The number of aliphatic hydroxyl groups excluding tert-OH is 1. The van der Waals surface area contributed by atoms with Gasteiger partial charge in [-0.05, 0) is 25.7 Å². The minimum atomic E-state index is -0.631. The smallest absolute Gasteiger partial charge is 0.161 e. The molecule has 0 spiro atoms. The maximum atomic E-state index is 10.2. The summed E-state index contributed by atoms with van der Waals surface area (Å²) >= 11 is 0. The van der Waals surface area contributed by atoms with E-state index in [4.69, 9.17) is 14.2 Å². The number of methoxy groups -OCH3 is 1. The Hall–Kier alpha value is -0.160. The Bertz CT molecular complexity index is 271. The summed E-state index contributed by atoms with van der Waals surface area (Å²) < 4.78 is 17.4. The van der Waals surface area contributed by atoms with Crippen LogP contribution in [0.1, 0.15) is 48.0 Å². The van der Waals surface area contributed by atoms with Gasteiger partial charge in [0.05, 0.1) is 17.8 Å². The summed E-state index contributed by atoms with van der Waals surface area (Å²) in [6, 6.07) is 0. The van der Waals surface area contributed by atoms with Crippen molar-refractivity contribution in [3.63, 3.8) is 0 Å². The SMILES string of the molecule is COC1(C)CC(OC(C(C)C)C(C)C)OC(C)C1O. The molecule has 1 heterocycles. The summed E-state index contributed by atoms with van der Waals surface area (Å²) in [5.74, 6) is 0.860. The standard InChI is InChI=1S/C15H30O4/c1-9(2)13(10(3)4)19-12-8-15(6,17-7)14(16)11(5)18-12/h9-14,16H,8H2,1-7H3. The quantitative estimate of drug-likeness (QED) is 0.837. The van der Waals surface area contributed by atoms with Gasteiger partial charge in [-0.25, -0.2) is 0 Å². The third kappa shape index (κ3) is 3.91. The molecule has 4 nitrogen and oxygen atoms in total.